The van der Waals surface area contributed by atoms with E-state index in [-0.39, 0.29) is 6.61 Å². The number of rotatable bonds is 4. The minimum absolute atomic E-state index is 0.284. The van der Waals surface area contributed by atoms with Gasteiger partial charge in [-0.2, -0.15) is 5.26 Å². The van der Waals surface area contributed by atoms with Gasteiger partial charge in [0.1, 0.15) is 0 Å². The molecule has 0 bridgehead atoms. The van der Waals surface area contributed by atoms with Crippen molar-refractivity contribution in [1.29, 1.82) is 5.26 Å². The first-order valence-electron chi connectivity index (χ1n) is 5.35. The fourth-order valence-corrected chi connectivity index (χ4v) is 1.90. The molecule has 90 valence electrons. The Bertz CT molecular complexity index is 453. The number of carbonyl (C=O) groups excluding carboxylic acids is 1. The second kappa shape index (κ2) is 5.83. The maximum Gasteiger partial charge on any atom is 0.326 e. The number of carbonyl (C=O) groups is 1. The number of halogens is 1. The van der Waals surface area contributed by atoms with Gasteiger partial charge >= 0.3 is 5.97 Å². The minimum Gasteiger partial charge on any atom is -0.465 e. The minimum atomic E-state index is -1.14. The van der Waals surface area contributed by atoms with Gasteiger partial charge < -0.3 is 4.74 Å². The van der Waals surface area contributed by atoms with Crippen LogP contribution >= 0.6 is 15.9 Å². The highest BCUT2D eigenvalue weighted by molar-refractivity contribution is 9.10. The van der Waals surface area contributed by atoms with E-state index in [2.05, 4.69) is 15.9 Å². The van der Waals surface area contributed by atoms with Gasteiger partial charge in [-0.25, -0.2) is 0 Å². The van der Waals surface area contributed by atoms with Crippen LogP contribution in [-0.2, 0) is 16.0 Å². The lowest BCUT2D eigenvalue weighted by atomic mass is 9.85. The summed E-state index contributed by atoms with van der Waals surface area (Å²) < 4.78 is 5.83. The lowest BCUT2D eigenvalue weighted by molar-refractivity contribution is -0.151. The predicted octanol–water partition coefficient (Wildman–Crippen LogP) is 3.08. The molecule has 0 aliphatic carbocycles. The van der Waals surface area contributed by atoms with Gasteiger partial charge in [0.25, 0.3) is 0 Å². The highest BCUT2D eigenvalue weighted by Crippen LogP contribution is 2.27. The Hall–Kier alpha value is -1.34. The third-order valence-corrected chi connectivity index (χ3v) is 3.25. The molecule has 1 unspecified atom stereocenters. The summed E-state index contributed by atoms with van der Waals surface area (Å²) in [5.74, 6) is -0.474. The summed E-state index contributed by atoms with van der Waals surface area (Å²) in [4.78, 5) is 11.8. The predicted molar refractivity (Wildman–Crippen MR) is 68.2 cm³/mol. The van der Waals surface area contributed by atoms with Gasteiger partial charge in [0.15, 0.2) is 5.41 Å². The molecule has 1 atom stereocenters. The first-order valence-corrected chi connectivity index (χ1v) is 6.14. The van der Waals surface area contributed by atoms with Crippen LogP contribution in [0.2, 0.25) is 0 Å². The molecule has 0 radical (unpaired) electrons. The Morgan fingerprint density at radius 3 is 2.71 bits per heavy atom. The summed E-state index contributed by atoms with van der Waals surface area (Å²) in [6.07, 6.45) is 0.337. The molecule has 0 aromatic heterocycles. The van der Waals surface area contributed by atoms with Gasteiger partial charge in [-0.1, -0.05) is 34.1 Å². The van der Waals surface area contributed by atoms with Crippen LogP contribution in [0.25, 0.3) is 0 Å². The Morgan fingerprint density at radius 1 is 1.53 bits per heavy atom. The van der Waals surface area contributed by atoms with E-state index in [0.29, 0.717) is 6.42 Å². The average Bonchev–Trinajstić information content (AvgIpc) is 2.32. The largest absolute Gasteiger partial charge is 0.465 e. The first-order chi connectivity index (χ1) is 8.03. The molecule has 0 spiro atoms. The second-order valence-corrected chi connectivity index (χ2v) is 4.79. The lowest BCUT2D eigenvalue weighted by Gasteiger charge is -2.19. The SMILES string of the molecule is CCOC(=O)C(C)(C#N)Cc1ccccc1Br. The van der Waals surface area contributed by atoms with Crippen molar-refractivity contribution in [2.75, 3.05) is 6.61 Å². The maximum atomic E-state index is 11.8. The zero-order valence-corrected chi connectivity index (χ0v) is 11.5. The number of nitriles is 1. The molecule has 0 saturated heterocycles. The molecule has 1 aromatic carbocycles. The van der Waals surface area contributed by atoms with Crippen LogP contribution in [0, 0.1) is 16.7 Å². The zero-order valence-electron chi connectivity index (χ0n) is 9.87. The third kappa shape index (κ3) is 3.31. The van der Waals surface area contributed by atoms with E-state index in [1.54, 1.807) is 13.8 Å². The topological polar surface area (TPSA) is 50.1 Å². The molecule has 4 heteroatoms. The second-order valence-electron chi connectivity index (χ2n) is 3.93. The number of nitrogens with zero attached hydrogens (tertiary/aromatic N) is 1. The maximum absolute atomic E-state index is 11.8. The van der Waals surface area contributed by atoms with E-state index >= 15 is 0 Å². The first kappa shape index (κ1) is 13.7. The summed E-state index contributed by atoms with van der Waals surface area (Å²) >= 11 is 3.40. The van der Waals surface area contributed by atoms with Gasteiger partial charge in [0.05, 0.1) is 12.7 Å². The molecule has 0 fully saturated rings. The molecule has 1 aromatic rings. The summed E-state index contributed by atoms with van der Waals surface area (Å²) in [6.45, 7) is 3.62. The zero-order chi connectivity index (χ0) is 12.9. The van der Waals surface area contributed by atoms with Crippen LogP contribution in [-0.4, -0.2) is 12.6 Å². The highest BCUT2D eigenvalue weighted by Gasteiger charge is 2.35. The van der Waals surface area contributed by atoms with E-state index in [4.69, 9.17) is 10.00 Å². The van der Waals surface area contributed by atoms with Crippen molar-refractivity contribution in [1.82, 2.24) is 0 Å². The smallest absolute Gasteiger partial charge is 0.326 e. The molecule has 0 saturated carbocycles. The van der Waals surface area contributed by atoms with Gasteiger partial charge in [-0.3, -0.25) is 4.79 Å². The van der Waals surface area contributed by atoms with E-state index in [1.807, 2.05) is 30.3 Å². The summed E-state index contributed by atoms with van der Waals surface area (Å²) in [7, 11) is 0. The fraction of sp³-hybridized carbons (Fsp3) is 0.385. The fourth-order valence-electron chi connectivity index (χ4n) is 1.47. The van der Waals surface area contributed by atoms with Gasteiger partial charge in [-0.05, 0) is 25.5 Å². The molecule has 0 heterocycles. The number of hydrogen-bond donors (Lipinski definition) is 0. The van der Waals surface area contributed by atoms with Crippen LogP contribution in [0.5, 0.6) is 0 Å². The molecular formula is C13H14BrNO2. The standard InChI is InChI=1S/C13H14BrNO2/c1-3-17-12(16)13(2,9-15)8-10-6-4-5-7-11(10)14/h4-7H,3,8H2,1-2H3. The van der Waals surface area contributed by atoms with E-state index in [9.17, 15) is 4.79 Å². The Labute approximate surface area is 110 Å². The molecule has 0 amide bonds. The molecular weight excluding hydrogens is 282 g/mol. The van der Waals surface area contributed by atoms with Crippen molar-refractivity contribution in [3.63, 3.8) is 0 Å². The molecule has 17 heavy (non-hydrogen) atoms. The molecule has 3 nitrogen and oxygen atoms in total. The van der Waals surface area contributed by atoms with Crippen molar-refractivity contribution >= 4 is 21.9 Å². The molecule has 0 aliphatic rings. The van der Waals surface area contributed by atoms with Crippen LogP contribution in [0.4, 0.5) is 0 Å². The van der Waals surface area contributed by atoms with Crippen molar-refractivity contribution < 1.29 is 9.53 Å². The van der Waals surface area contributed by atoms with Crippen molar-refractivity contribution in [3.05, 3.63) is 34.3 Å². The number of hydrogen-bond acceptors (Lipinski definition) is 3. The van der Waals surface area contributed by atoms with E-state index in [0.717, 1.165) is 10.0 Å². The normalized spacial score (nSPS) is 13.5. The lowest BCUT2D eigenvalue weighted by Crippen LogP contribution is -2.30. The van der Waals surface area contributed by atoms with Crippen LogP contribution < -0.4 is 0 Å². The van der Waals surface area contributed by atoms with E-state index in [1.165, 1.54) is 0 Å². The number of ether oxygens (including phenoxy) is 1. The Kier molecular flexibility index (Phi) is 4.71. The molecule has 0 N–H and O–H groups in total. The van der Waals surface area contributed by atoms with Crippen molar-refractivity contribution in [2.24, 2.45) is 5.41 Å². The van der Waals surface area contributed by atoms with Gasteiger partial charge in [-0.15, -0.1) is 0 Å². The monoisotopic (exact) mass is 295 g/mol. The molecule has 0 aliphatic heterocycles. The molecule has 1 rings (SSSR count). The summed E-state index contributed by atoms with van der Waals surface area (Å²) in [5, 5.41) is 9.17. The average molecular weight is 296 g/mol. The van der Waals surface area contributed by atoms with Crippen LogP contribution in [0.3, 0.4) is 0 Å². The quantitative estimate of drug-likeness (QED) is 0.802. The van der Waals surface area contributed by atoms with Crippen molar-refractivity contribution in [2.45, 2.75) is 20.3 Å². The number of benzene rings is 1. The van der Waals surface area contributed by atoms with Crippen LogP contribution in [0.15, 0.2) is 28.7 Å². The van der Waals surface area contributed by atoms with Crippen molar-refractivity contribution in [3.8, 4) is 6.07 Å². The number of esters is 1. The summed E-state index contributed by atoms with van der Waals surface area (Å²) in [6, 6.07) is 9.59. The Balaban J connectivity index is 2.94. The Morgan fingerprint density at radius 2 is 2.18 bits per heavy atom. The third-order valence-electron chi connectivity index (χ3n) is 2.47. The van der Waals surface area contributed by atoms with E-state index < -0.39 is 11.4 Å². The van der Waals surface area contributed by atoms with Gasteiger partial charge in [0.2, 0.25) is 0 Å². The summed E-state index contributed by atoms with van der Waals surface area (Å²) in [5.41, 5.74) is -0.218. The van der Waals surface area contributed by atoms with Crippen LogP contribution in [0.1, 0.15) is 19.4 Å². The van der Waals surface area contributed by atoms with Gasteiger partial charge in [0, 0.05) is 10.9 Å². The highest BCUT2D eigenvalue weighted by atomic mass is 79.9.